The Bertz CT molecular complexity index is 411. The normalized spacial score (nSPS) is 22.8. The Morgan fingerprint density at radius 1 is 1.20 bits per heavy atom. The second kappa shape index (κ2) is 7.63. The number of aryl methyl sites for hydroxylation is 1. The predicted molar refractivity (Wildman–Crippen MR) is 83.0 cm³/mol. The third-order valence-corrected chi connectivity index (χ3v) is 4.28. The average Bonchev–Trinajstić information content (AvgIpc) is 2.48. The number of aromatic nitrogens is 1. The van der Waals surface area contributed by atoms with Crippen LogP contribution in [-0.2, 0) is 6.54 Å². The van der Waals surface area contributed by atoms with Crippen LogP contribution >= 0.6 is 0 Å². The van der Waals surface area contributed by atoms with Crippen LogP contribution in [0.1, 0.15) is 57.3 Å². The van der Waals surface area contributed by atoms with Crippen molar-refractivity contribution in [1.29, 1.82) is 0 Å². The fourth-order valence-corrected chi connectivity index (χ4v) is 2.91. The molecule has 20 heavy (non-hydrogen) atoms. The van der Waals surface area contributed by atoms with Gasteiger partial charge in [0.25, 0.3) is 0 Å². The van der Waals surface area contributed by atoms with Crippen molar-refractivity contribution in [3.05, 3.63) is 23.5 Å². The van der Waals surface area contributed by atoms with E-state index in [4.69, 9.17) is 4.74 Å². The lowest BCUT2D eigenvalue weighted by Crippen LogP contribution is -2.25. The summed E-state index contributed by atoms with van der Waals surface area (Å²) in [6.45, 7) is 8.19. The summed E-state index contributed by atoms with van der Waals surface area (Å²) in [4.78, 5) is 4.62. The maximum atomic E-state index is 6.23. The second-order valence-electron chi connectivity index (χ2n) is 5.85. The van der Waals surface area contributed by atoms with Crippen LogP contribution in [0.25, 0.3) is 0 Å². The highest BCUT2D eigenvalue weighted by Crippen LogP contribution is 2.30. The molecule has 1 aromatic rings. The minimum Gasteiger partial charge on any atom is -0.488 e. The Kier molecular flexibility index (Phi) is 5.84. The predicted octanol–water partition coefficient (Wildman–Crippen LogP) is 3.85. The van der Waals surface area contributed by atoms with Crippen molar-refractivity contribution in [3.63, 3.8) is 0 Å². The standard InChI is InChI=1S/C17H28N2O/c1-4-14-7-9-15(10-8-14)20-17-11-6-13(3)19-16(17)12-18-5-2/h6,11,14-15,18H,4-5,7-10,12H2,1-3H3. The van der Waals surface area contributed by atoms with Gasteiger partial charge in [-0.1, -0.05) is 20.3 Å². The van der Waals surface area contributed by atoms with Crippen molar-refractivity contribution in [2.45, 2.75) is 65.5 Å². The summed E-state index contributed by atoms with van der Waals surface area (Å²) in [5, 5.41) is 3.34. The first-order valence-electron chi connectivity index (χ1n) is 8.06. The number of hydrogen-bond donors (Lipinski definition) is 1. The molecule has 1 N–H and O–H groups in total. The molecule has 1 aliphatic rings. The summed E-state index contributed by atoms with van der Waals surface area (Å²) in [7, 11) is 0. The first-order chi connectivity index (χ1) is 9.72. The summed E-state index contributed by atoms with van der Waals surface area (Å²) in [5.74, 6) is 1.88. The molecule has 3 heteroatoms. The highest BCUT2D eigenvalue weighted by Gasteiger charge is 2.22. The second-order valence-corrected chi connectivity index (χ2v) is 5.85. The van der Waals surface area contributed by atoms with Crippen molar-refractivity contribution in [3.8, 4) is 5.75 Å². The molecule has 0 aliphatic heterocycles. The number of nitrogens with zero attached hydrogens (tertiary/aromatic N) is 1. The van der Waals surface area contributed by atoms with Gasteiger partial charge in [-0.25, -0.2) is 0 Å². The van der Waals surface area contributed by atoms with Crippen LogP contribution in [0.3, 0.4) is 0 Å². The average molecular weight is 276 g/mol. The van der Waals surface area contributed by atoms with Gasteiger partial charge in [0.05, 0.1) is 11.8 Å². The molecule has 0 amide bonds. The molecule has 3 nitrogen and oxygen atoms in total. The number of hydrogen-bond acceptors (Lipinski definition) is 3. The third-order valence-electron chi connectivity index (χ3n) is 4.28. The lowest BCUT2D eigenvalue weighted by atomic mass is 9.86. The van der Waals surface area contributed by atoms with Gasteiger partial charge in [0, 0.05) is 12.2 Å². The molecule has 0 radical (unpaired) electrons. The fraction of sp³-hybridized carbons (Fsp3) is 0.706. The monoisotopic (exact) mass is 276 g/mol. The third kappa shape index (κ3) is 4.20. The van der Waals surface area contributed by atoms with Gasteiger partial charge in [-0.3, -0.25) is 4.98 Å². The van der Waals surface area contributed by atoms with Gasteiger partial charge < -0.3 is 10.1 Å². The molecule has 0 atom stereocenters. The Balaban J connectivity index is 1.98. The van der Waals surface area contributed by atoms with Crippen molar-refractivity contribution in [2.24, 2.45) is 5.92 Å². The van der Waals surface area contributed by atoms with Crippen LogP contribution in [0.2, 0.25) is 0 Å². The molecule has 1 saturated carbocycles. The van der Waals surface area contributed by atoms with E-state index < -0.39 is 0 Å². The molecule has 1 fully saturated rings. The molecule has 1 aromatic heterocycles. The van der Waals surface area contributed by atoms with Crippen molar-refractivity contribution in [2.75, 3.05) is 6.54 Å². The summed E-state index contributed by atoms with van der Waals surface area (Å²) in [6.07, 6.45) is 6.68. The molecule has 1 heterocycles. The number of pyridine rings is 1. The highest BCUT2D eigenvalue weighted by molar-refractivity contribution is 5.29. The molecule has 0 unspecified atom stereocenters. The molecule has 0 bridgehead atoms. The first-order valence-corrected chi connectivity index (χ1v) is 8.06. The van der Waals surface area contributed by atoms with E-state index in [0.717, 1.165) is 36.1 Å². The van der Waals surface area contributed by atoms with E-state index in [1.54, 1.807) is 0 Å². The molecule has 0 aromatic carbocycles. The van der Waals surface area contributed by atoms with Crippen molar-refractivity contribution < 1.29 is 4.74 Å². The Morgan fingerprint density at radius 3 is 2.60 bits per heavy atom. The summed E-state index contributed by atoms with van der Waals surface area (Å²) in [5.41, 5.74) is 2.10. The Morgan fingerprint density at radius 2 is 1.95 bits per heavy atom. The van der Waals surface area contributed by atoms with Crippen molar-refractivity contribution >= 4 is 0 Å². The van der Waals surface area contributed by atoms with Crippen LogP contribution < -0.4 is 10.1 Å². The van der Waals surface area contributed by atoms with Gasteiger partial charge in [0.1, 0.15) is 5.75 Å². The lowest BCUT2D eigenvalue weighted by Gasteiger charge is -2.28. The molecule has 112 valence electrons. The summed E-state index contributed by atoms with van der Waals surface area (Å²) in [6, 6.07) is 4.13. The van der Waals surface area contributed by atoms with E-state index in [9.17, 15) is 0 Å². The zero-order valence-corrected chi connectivity index (χ0v) is 13.1. The first kappa shape index (κ1) is 15.3. The van der Waals surface area contributed by atoms with E-state index in [2.05, 4.69) is 30.2 Å². The Hall–Kier alpha value is -1.09. The molecule has 0 spiro atoms. The van der Waals surface area contributed by atoms with E-state index in [1.807, 2.05) is 13.0 Å². The van der Waals surface area contributed by atoms with E-state index in [0.29, 0.717) is 6.10 Å². The van der Waals surface area contributed by atoms with Crippen LogP contribution in [-0.4, -0.2) is 17.6 Å². The molecular formula is C17H28N2O. The number of ether oxygens (including phenoxy) is 1. The number of rotatable bonds is 6. The molecule has 0 saturated heterocycles. The van der Waals surface area contributed by atoms with E-state index >= 15 is 0 Å². The van der Waals surface area contributed by atoms with Crippen molar-refractivity contribution in [1.82, 2.24) is 10.3 Å². The van der Waals surface area contributed by atoms with Crippen LogP contribution in [0, 0.1) is 12.8 Å². The van der Waals surface area contributed by atoms with Gasteiger partial charge in [0.15, 0.2) is 0 Å². The maximum absolute atomic E-state index is 6.23. The maximum Gasteiger partial charge on any atom is 0.142 e. The van der Waals surface area contributed by atoms with Crippen LogP contribution in [0.5, 0.6) is 5.75 Å². The molecule has 1 aliphatic carbocycles. The largest absolute Gasteiger partial charge is 0.488 e. The van der Waals surface area contributed by atoms with Crippen LogP contribution in [0.15, 0.2) is 12.1 Å². The van der Waals surface area contributed by atoms with Gasteiger partial charge in [-0.2, -0.15) is 0 Å². The van der Waals surface area contributed by atoms with Gasteiger partial charge in [0.2, 0.25) is 0 Å². The molecular weight excluding hydrogens is 248 g/mol. The smallest absolute Gasteiger partial charge is 0.142 e. The highest BCUT2D eigenvalue weighted by atomic mass is 16.5. The van der Waals surface area contributed by atoms with Crippen LogP contribution in [0.4, 0.5) is 0 Å². The fourth-order valence-electron chi connectivity index (χ4n) is 2.91. The number of nitrogens with one attached hydrogen (secondary N) is 1. The Labute approximate surface area is 123 Å². The summed E-state index contributed by atoms with van der Waals surface area (Å²) >= 11 is 0. The minimum absolute atomic E-state index is 0.377. The SMILES string of the molecule is CCNCc1nc(C)ccc1OC1CCC(CC)CC1. The van der Waals surface area contributed by atoms with Gasteiger partial charge >= 0.3 is 0 Å². The zero-order valence-electron chi connectivity index (χ0n) is 13.1. The van der Waals surface area contributed by atoms with E-state index in [-0.39, 0.29) is 0 Å². The lowest BCUT2D eigenvalue weighted by molar-refractivity contribution is 0.128. The minimum atomic E-state index is 0.377. The topological polar surface area (TPSA) is 34.2 Å². The summed E-state index contributed by atoms with van der Waals surface area (Å²) < 4.78 is 6.23. The zero-order chi connectivity index (χ0) is 14.4. The van der Waals surface area contributed by atoms with Gasteiger partial charge in [-0.15, -0.1) is 0 Å². The molecule has 2 rings (SSSR count). The van der Waals surface area contributed by atoms with Gasteiger partial charge in [-0.05, 0) is 57.2 Å². The van der Waals surface area contributed by atoms with E-state index in [1.165, 1.54) is 32.1 Å². The quantitative estimate of drug-likeness (QED) is 0.857.